The van der Waals surface area contributed by atoms with Crippen LogP contribution in [0, 0.1) is 12.8 Å². The molecule has 0 saturated carbocycles. The maximum Gasteiger partial charge on any atom is 0.246 e. The smallest absolute Gasteiger partial charge is 0.246 e. The molecular weight excluding hydrogens is 456 g/mol. The molecule has 1 heterocycles. The summed E-state index contributed by atoms with van der Waals surface area (Å²) in [6, 6.07) is 10.3. The van der Waals surface area contributed by atoms with Crippen LogP contribution in [-0.4, -0.2) is 60.2 Å². The Bertz CT molecular complexity index is 1100. The number of aryl methyl sites for hydroxylation is 1. The van der Waals surface area contributed by atoms with E-state index in [0.29, 0.717) is 30.3 Å². The van der Waals surface area contributed by atoms with E-state index in [0.717, 1.165) is 24.0 Å². The largest absolute Gasteiger partial charge is 0.493 e. The van der Waals surface area contributed by atoms with E-state index < -0.39 is 10.0 Å². The molecule has 1 atom stereocenters. The molecule has 1 fully saturated rings. The number of carbonyl (C=O) groups is 1. The van der Waals surface area contributed by atoms with Crippen molar-refractivity contribution in [3.05, 3.63) is 53.6 Å². The lowest BCUT2D eigenvalue weighted by Gasteiger charge is -2.32. The van der Waals surface area contributed by atoms with Crippen molar-refractivity contribution in [1.29, 1.82) is 0 Å². The van der Waals surface area contributed by atoms with Crippen molar-refractivity contribution in [2.45, 2.75) is 24.7 Å². The third-order valence-electron chi connectivity index (χ3n) is 5.83. The van der Waals surface area contributed by atoms with E-state index in [1.54, 1.807) is 47.4 Å². The number of likely N-dealkylation sites (tertiary alicyclic amines) is 1. The first-order valence-corrected chi connectivity index (χ1v) is 12.6. The Morgan fingerprint density at radius 2 is 1.74 bits per heavy atom. The van der Waals surface area contributed by atoms with Crippen LogP contribution in [0.25, 0.3) is 6.08 Å². The van der Waals surface area contributed by atoms with E-state index >= 15 is 0 Å². The number of ether oxygens (including phenoxy) is 3. The molecule has 9 heteroatoms. The summed E-state index contributed by atoms with van der Waals surface area (Å²) in [5, 5.41) is 0. The van der Waals surface area contributed by atoms with E-state index in [9.17, 15) is 13.2 Å². The zero-order chi connectivity index (χ0) is 24.7. The highest BCUT2D eigenvalue weighted by molar-refractivity contribution is 7.89. The third-order valence-corrected chi connectivity index (χ3v) is 7.27. The number of nitrogens with one attached hydrogen (secondary N) is 1. The molecule has 1 unspecified atom stereocenters. The fourth-order valence-electron chi connectivity index (χ4n) is 3.93. The van der Waals surface area contributed by atoms with E-state index in [1.807, 2.05) is 6.92 Å². The van der Waals surface area contributed by atoms with Crippen LogP contribution < -0.4 is 18.9 Å². The number of amides is 1. The highest BCUT2D eigenvalue weighted by atomic mass is 32.2. The number of rotatable bonds is 9. The highest BCUT2D eigenvalue weighted by Gasteiger charge is 2.24. The van der Waals surface area contributed by atoms with Crippen LogP contribution in [0.3, 0.4) is 0 Å². The van der Waals surface area contributed by atoms with Gasteiger partial charge in [0.25, 0.3) is 0 Å². The van der Waals surface area contributed by atoms with Gasteiger partial charge in [0.2, 0.25) is 21.7 Å². The summed E-state index contributed by atoms with van der Waals surface area (Å²) in [5.41, 5.74) is 1.74. The van der Waals surface area contributed by atoms with Crippen molar-refractivity contribution < 1.29 is 27.4 Å². The van der Waals surface area contributed by atoms with Crippen LogP contribution in [0.1, 0.15) is 24.0 Å². The highest BCUT2D eigenvalue weighted by Crippen LogP contribution is 2.38. The average molecular weight is 489 g/mol. The molecule has 1 N–H and O–H groups in total. The van der Waals surface area contributed by atoms with Crippen LogP contribution in [0.4, 0.5) is 0 Å². The predicted molar refractivity (Wildman–Crippen MR) is 131 cm³/mol. The van der Waals surface area contributed by atoms with E-state index in [2.05, 4.69) is 4.72 Å². The minimum atomic E-state index is -3.58. The van der Waals surface area contributed by atoms with Crippen LogP contribution in [-0.2, 0) is 14.8 Å². The summed E-state index contributed by atoms with van der Waals surface area (Å²) in [5.74, 6) is 1.42. The Morgan fingerprint density at radius 3 is 2.32 bits per heavy atom. The van der Waals surface area contributed by atoms with Crippen LogP contribution in [0.15, 0.2) is 47.4 Å². The van der Waals surface area contributed by atoms with E-state index in [1.165, 1.54) is 27.4 Å². The van der Waals surface area contributed by atoms with Crippen molar-refractivity contribution in [2.24, 2.45) is 5.92 Å². The first kappa shape index (κ1) is 25.6. The molecule has 0 spiro atoms. The predicted octanol–water partition coefficient (Wildman–Crippen LogP) is 3.25. The molecule has 1 amide bonds. The van der Waals surface area contributed by atoms with Gasteiger partial charge in [-0.3, -0.25) is 4.79 Å². The lowest BCUT2D eigenvalue weighted by molar-refractivity contribution is -0.127. The van der Waals surface area contributed by atoms with Gasteiger partial charge < -0.3 is 19.1 Å². The topological polar surface area (TPSA) is 94.2 Å². The lowest BCUT2D eigenvalue weighted by atomic mass is 9.98. The van der Waals surface area contributed by atoms with E-state index in [-0.39, 0.29) is 23.3 Å². The summed E-state index contributed by atoms with van der Waals surface area (Å²) in [6.07, 6.45) is 4.90. The Labute approximate surface area is 201 Å². The molecular formula is C25H32N2O6S. The van der Waals surface area contributed by atoms with Gasteiger partial charge in [0, 0.05) is 25.7 Å². The molecule has 1 aliphatic heterocycles. The number of methoxy groups -OCH3 is 3. The van der Waals surface area contributed by atoms with Gasteiger partial charge in [-0.25, -0.2) is 13.1 Å². The second-order valence-corrected chi connectivity index (χ2v) is 10.0. The normalized spacial score (nSPS) is 16.5. The number of nitrogens with zero attached hydrogens (tertiary/aromatic N) is 1. The third kappa shape index (κ3) is 6.30. The van der Waals surface area contributed by atoms with Crippen molar-refractivity contribution in [3.63, 3.8) is 0 Å². The molecule has 2 aromatic rings. The summed E-state index contributed by atoms with van der Waals surface area (Å²) in [4.78, 5) is 14.8. The Balaban J connectivity index is 1.62. The fraction of sp³-hybridized carbons (Fsp3) is 0.400. The van der Waals surface area contributed by atoms with E-state index in [4.69, 9.17) is 14.2 Å². The molecule has 3 rings (SSSR count). The van der Waals surface area contributed by atoms with Crippen molar-refractivity contribution in [1.82, 2.24) is 9.62 Å². The van der Waals surface area contributed by atoms with Gasteiger partial charge in [-0.05, 0) is 61.6 Å². The number of sulfonamides is 1. The van der Waals surface area contributed by atoms with Crippen LogP contribution >= 0.6 is 0 Å². The summed E-state index contributed by atoms with van der Waals surface area (Å²) in [6.45, 7) is 3.33. The van der Waals surface area contributed by atoms with Crippen molar-refractivity contribution >= 4 is 22.0 Å². The SMILES string of the molecule is COc1cc(/C=C/C(=O)N2CCCC(CNS(=O)(=O)c3ccc(C)cc3)C2)cc(OC)c1OC. The molecule has 0 aliphatic carbocycles. The van der Waals surface area contributed by atoms with Gasteiger partial charge in [-0.2, -0.15) is 0 Å². The summed E-state index contributed by atoms with van der Waals surface area (Å²) in [7, 11) is 1.03. The van der Waals surface area contributed by atoms with Crippen molar-refractivity contribution in [3.8, 4) is 17.2 Å². The Morgan fingerprint density at radius 1 is 1.09 bits per heavy atom. The lowest BCUT2D eigenvalue weighted by Crippen LogP contribution is -2.43. The fourth-order valence-corrected chi connectivity index (χ4v) is 5.05. The van der Waals surface area contributed by atoms with Gasteiger partial charge in [0.1, 0.15) is 0 Å². The second kappa shape index (κ2) is 11.4. The monoisotopic (exact) mass is 488 g/mol. The van der Waals surface area contributed by atoms with Crippen molar-refractivity contribution in [2.75, 3.05) is 41.0 Å². The number of hydrogen-bond acceptors (Lipinski definition) is 6. The summed E-state index contributed by atoms with van der Waals surface area (Å²) >= 11 is 0. The standard InChI is InChI=1S/C25H32N2O6S/c1-18-7-10-21(11-8-18)34(29,30)26-16-20-6-5-13-27(17-20)24(28)12-9-19-14-22(31-2)25(33-4)23(15-19)32-3/h7-12,14-15,20,26H,5-6,13,16-17H2,1-4H3/b12-9+. The average Bonchev–Trinajstić information content (AvgIpc) is 2.85. The zero-order valence-corrected chi connectivity index (χ0v) is 20.9. The maximum atomic E-state index is 12.8. The molecule has 0 bridgehead atoms. The number of carbonyl (C=O) groups excluding carboxylic acids is 1. The first-order valence-electron chi connectivity index (χ1n) is 11.1. The molecule has 2 aromatic carbocycles. The van der Waals surface area contributed by atoms with Gasteiger partial charge in [0.15, 0.2) is 11.5 Å². The molecule has 34 heavy (non-hydrogen) atoms. The van der Waals surface area contributed by atoms with Crippen LogP contribution in [0.2, 0.25) is 0 Å². The second-order valence-electron chi connectivity index (χ2n) is 8.25. The number of hydrogen-bond donors (Lipinski definition) is 1. The number of benzene rings is 2. The molecule has 1 aliphatic rings. The van der Waals surface area contributed by atoms with Gasteiger partial charge in [-0.15, -0.1) is 0 Å². The first-order chi connectivity index (χ1) is 16.3. The quantitative estimate of drug-likeness (QED) is 0.545. The minimum Gasteiger partial charge on any atom is -0.493 e. The van der Waals surface area contributed by atoms with Gasteiger partial charge in [-0.1, -0.05) is 17.7 Å². The van der Waals surface area contributed by atoms with Gasteiger partial charge >= 0.3 is 0 Å². The molecule has 8 nitrogen and oxygen atoms in total. The number of piperidine rings is 1. The Hall–Kier alpha value is -3.04. The molecule has 0 aromatic heterocycles. The molecule has 184 valence electrons. The zero-order valence-electron chi connectivity index (χ0n) is 20.0. The molecule has 1 saturated heterocycles. The summed E-state index contributed by atoms with van der Waals surface area (Å²) < 4.78 is 43.9. The Kier molecular flexibility index (Phi) is 8.57. The maximum absolute atomic E-state index is 12.8. The van der Waals surface area contributed by atoms with Gasteiger partial charge in [0.05, 0.1) is 26.2 Å². The molecule has 0 radical (unpaired) electrons. The van der Waals surface area contributed by atoms with Crippen LogP contribution in [0.5, 0.6) is 17.2 Å². The minimum absolute atomic E-state index is 0.0486.